The van der Waals surface area contributed by atoms with Crippen LogP contribution in [-0.2, 0) is 4.79 Å². The summed E-state index contributed by atoms with van der Waals surface area (Å²) < 4.78 is 0. The number of carbonyl (C=O) groups is 1. The molecule has 3 heteroatoms. The molecule has 3 unspecified atom stereocenters. The van der Waals surface area contributed by atoms with Crippen molar-refractivity contribution >= 4 is 5.91 Å². The average Bonchev–Trinajstić information content (AvgIpc) is 2.78. The summed E-state index contributed by atoms with van der Waals surface area (Å²) in [6.45, 7) is 6.28. The van der Waals surface area contributed by atoms with Crippen LogP contribution in [0.25, 0.3) is 0 Å². The third kappa shape index (κ3) is 2.40. The second kappa shape index (κ2) is 4.74. The van der Waals surface area contributed by atoms with Crippen molar-refractivity contribution in [1.82, 2.24) is 10.6 Å². The zero-order valence-electron chi connectivity index (χ0n) is 10.5. The lowest BCUT2D eigenvalue weighted by Gasteiger charge is -2.27. The fraction of sp³-hybridized carbons (Fsp3) is 0.923. The predicted octanol–water partition coefficient (Wildman–Crippen LogP) is 1.68. The van der Waals surface area contributed by atoms with E-state index in [1.54, 1.807) is 0 Å². The van der Waals surface area contributed by atoms with Gasteiger partial charge in [0.05, 0.1) is 5.54 Å². The van der Waals surface area contributed by atoms with Gasteiger partial charge in [0, 0.05) is 6.54 Å². The van der Waals surface area contributed by atoms with Crippen molar-refractivity contribution < 1.29 is 4.79 Å². The normalized spacial score (nSPS) is 37.4. The molecule has 2 rings (SSSR count). The zero-order valence-corrected chi connectivity index (χ0v) is 10.5. The number of hydrogen-bond donors (Lipinski definition) is 2. The molecule has 3 atom stereocenters. The van der Waals surface area contributed by atoms with Gasteiger partial charge in [-0.1, -0.05) is 20.3 Å². The van der Waals surface area contributed by atoms with Gasteiger partial charge in [0.2, 0.25) is 5.91 Å². The van der Waals surface area contributed by atoms with Crippen molar-refractivity contribution in [3.05, 3.63) is 0 Å². The van der Waals surface area contributed by atoms with Crippen LogP contribution in [-0.4, -0.2) is 24.5 Å². The van der Waals surface area contributed by atoms with Crippen molar-refractivity contribution in [1.29, 1.82) is 0 Å². The Morgan fingerprint density at radius 2 is 2.31 bits per heavy atom. The standard InChI is InChI=1S/C13H24N2O/c1-3-5-13(6-4-7-15-13)12(16)14-9-11-8-10(11)2/h10-11,15H,3-9H2,1-2H3,(H,14,16). The van der Waals surface area contributed by atoms with Gasteiger partial charge in [0.25, 0.3) is 0 Å². The van der Waals surface area contributed by atoms with Gasteiger partial charge in [-0.15, -0.1) is 0 Å². The van der Waals surface area contributed by atoms with Crippen molar-refractivity contribution in [3.8, 4) is 0 Å². The van der Waals surface area contributed by atoms with E-state index in [0.717, 1.165) is 50.6 Å². The third-order valence-electron chi connectivity index (χ3n) is 4.16. The van der Waals surface area contributed by atoms with E-state index in [1.165, 1.54) is 6.42 Å². The number of hydrogen-bond acceptors (Lipinski definition) is 2. The molecule has 16 heavy (non-hydrogen) atoms. The Morgan fingerprint density at radius 3 is 2.81 bits per heavy atom. The molecular weight excluding hydrogens is 200 g/mol. The Bertz CT molecular complexity index is 259. The Hall–Kier alpha value is -0.570. The highest BCUT2D eigenvalue weighted by atomic mass is 16.2. The topological polar surface area (TPSA) is 41.1 Å². The van der Waals surface area contributed by atoms with E-state index in [4.69, 9.17) is 0 Å². The van der Waals surface area contributed by atoms with Gasteiger partial charge in [0.15, 0.2) is 0 Å². The Balaban J connectivity index is 1.84. The monoisotopic (exact) mass is 224 g/mol. The molecule has 0 aromatic heterocycles. The van der Waals surface area contributed by atoms with Crippen LogP contribution in [0, 0.1) is 11.8 Å². The molecule has 1 amide bonds. The first-order valence-electron chi connectivity index (χ1n) is 6.71. The Kier molecular flexibility index (Phi) is 3.53. The maximum Gasteiger partial charge on any atom is 0.240 e. The second-order valence-corrected chi connectivity index (χ2v) is 5.55. The molecule has 2 N–H and O–H groups in total. The van der Waals surface area contributed by atoms with Crippen LogP contribution in [0.2, 0.25) is 0 Å². The molecule has 0 bridgehead atoms. The third-order valence-corrected chi connectivity index (χ3v) is 4.16. The molecule has 2 aliphatic rings. The van der Waals surface area contributed by atoms with Gasteiger partial charge in [-0.3, -0.25) is 4.79 Å². The summed E-state index contributed by atoms with van der Waals surface area (Å²) in [5, 5.41) is 6.56. The highest BCUT2D eigenvalue weighted by molar-refractivity contribution is 5.86. The Labute approximate surface area is 98.4 Å². The summed E-state index contributed by atoms with van der Waals surface area (Å²) in [4.78, 5) is 12.2. The van der Waals surface area contributed by atoms with E-state index in [-0.39, 0.29) is 11.4 Å². The molecule has 2 fully saturated rings. The summed E-state index contributed by atoms with van der Waals surface area (Å²) in [5.41, 5.74) is -0.243. The number of rotatable bonds is 5. The maximum absolute atomic E-state index is 12.2. The van der Waals surface area contributed by atoms with Crippen molar-refractivity contribution in [2.75, 3.05) is 13.1 Å². The average molecular weight is 224 g/mol. The lowest BCUT2D eigenvalue weighted by atomic mass is 9.91. The highest BCUT2D eigenvalue weighted by Crippen LogP contribution is 2.37. The first-order chi connectivity index (χ1) is 7.68. The van der Waals surface area contributed by atoms with Crippen molar-refractivity contribution in [3.63, 3.8) is 0 Å². The summed E-state index contributed by atoms with van der Waals surface area (Å²) in [5.74, 6) is 1.80. The minimum absolute atomic E-state index is 0.242. The van der Waals surface area contributed by atoms with Gasteiger partial charge in [0.1, 0.15) is 0 Å². The molecular formula is C13H24N2O. The van der Waals surface area contributed by atoms with E-state index in [9.17, 15) is 4.79 Å². The smallest absolute Gasteiger partial charge is 0.240 e. The van der Waals surface area contributed by atoms with Crippen LogP contribution >= 0.6 is 0 Å². The summed E-state index contributed by atoms with van der Waals surface area (Å²) in [6, 6.07) is 0. The van der Waals surface area contributed by atoms with Crippen LogP contribution in [0.15, 0.2) is 0 Å². The molecule has 0 radical (unpaired) electrons. The SMILES string of the molecule is CCCC1(C(=O)NCC2CC2C)CCCN1. The molecule has 0 aromatic rings. The second-order valence-electron chi connectivity index (χ2n) is 5.55. The lowest BCUT2D eigenvalue weighted by Crippen LogP contribution is -2.53. The predicted molar refractivity (Wildman–Crippen MR) is 65.2 cm³/mol. The van der Waals surface area contributed by atoms with Crippen molar-refractivity contribution in [2.24, 2.45) is 11.8 Å². The van der Waals surface area contributed by atoms with Crippen LogP contribution in [0.1, 0.15) is 46.0 Å². The maximum atomic E-state index is 12.2. The van der Waals surface area contributed by atoms with E-state index in [2.05, 4.69) is 24.5 Å². The van der Waals surface area contributed by atoms with Crippen LogP contribution in [0.5, 0.6) is 0 Å². The fourth-order valence-corrected chi connectivity index (χ4v) is 2.83. The number of amides is 1. The van der Waals surface area contributed by atoms with E-state index in [0.29, 0.717) is 0 Å². The van der Waals surface area contributed by atoms with Crippen LogP contribution in [0.3, 0.4) is 0 Å². The van der Waals surface area contributed by atoms with Gasteiger partial charge in [-0.25, -0.2) is 0 Å². The molecule has 92 valence electrons. The summed E-state index contributed by atoms with van der Waals surface area (Å²) >= 11 is 0. The highest BCUT2D eigenvalue weighted by Gasteiger charge is 2.41. The summed E-state index contributed by atoms with van der Waals surface area (Å²) in [6.07, 6.45) is 5.47. The molecule has 1 saturated heterocycles. The molecule has 1 aliphatic heterocycles. The molecule has 1 aliphatic carbocycles. The quantitative estimate of drug-likeness (QED) is 0.746. The van der Waals surface area contributed by atoms with E-state index >= 15 is 0 Å². The molecule has 3 nitrogen and oxygen atoms in total. The first-order valence-corrected chi connectivity index (χ1v) is 6.71. The van der Waals surface area contributed by atoms with Gasteiger partial charge in [-0.2, -0.15) is 0 Å². The number of nitrogens with one attached hydrogen (secondary N) is 2. The van der Waals surface area contributed by atoms with E-state index in [1.807, 2.05) is 0 Å². The first kappa shape index (κ1) is 11.9. The van der Waals surface area contributed by atoms with E-state index < -0.39 is 0 Å². The molecule has 0 spiro atoms. The molecule has 1 saturated carbocycles. The molecule has 0 aromatic carbocycles. The largest absolute Gasteiger partial charge is 0.354 e. The minimum atomic E-state index is -0.243. The lowest BCUT2D eigenvalue weighted by molar-refractivity contribution is -0.127. The number of carbonyl (C=O) groups excluding carboxylic acids is 1. The van der Waals surface area contributed by atoms with Gasteiger partial charge >= 0.3 is 0 Å². The zero-order chi connectivity index (χ0) is 11.6. The van der Waals surface area contributed by atoms with Gasteiger partial charge in [-0.05, 0) is 44.1 Å². The van der Waals surface area contributed by atoms with Gasteiger partial charge < -0.3 is 10.6 Å². The van der Waals surface area contributed by atoms with Crippen molar-refractivity contribution in [2.45, 2.75) is 51.5 Å². The molecule has 1 heterocycles. The van der Waals surface area contributed by atoms with Crippen LogP contribution < -0.4 is 10.6 Å². The van der Waals surface area contributed by atoms with Crippen LogP contribution in [0.4, 0.5) is 0 Å². The fourth-order valence-electron chi connectivity index (χ4n) is 2.83. The minimum Gasteiger partial charge on any atom is -0.354 e. The Morgan fingerprint density at radius 1 is 1.56 bits per heavy atom. The summed E-state index contributed by atoms with van der Waals surface area (Å²) in [7, 11) is 0.